The lowest BCUT2D eigenvalue weighted by molar-refractivity contribution is -0.270. The fourth-order valence-corrected chi connectivity index (χ4v) is 11.2. The van der Waals surface area contributed by atoms with Crippen molar-refractivity contribution in [1.29, 1.82) is 0 Å². The molecule has 19 N–H and O–H groups in total. The largest absolute Gasteiger partial charge is 0.394 e. The van der Waals surface area contributed by atoms with E-state index in [0.717, 1.165) is 0 Å². The van der Waals surface area contributed by atoms with E-state index < -0.39 is 141 Å². The van der Waals surface area contributed by atoms with Gasteiger partial charge in [-0.15, -0.1) is 0 Å². The monoisotopic (exact) mass is 1380 g/mol. The molecule has 3 saturated heterocycles. The van der Waals surface area contributed by atoms with Gasteiger partial charge in [-0.1, -0.05) is 13.8 Å². The lowest BCUT2D eigenvalue weighted by atomic mass is 9.82. The van der Waals surface area contributed by atoms with Crippen molar-refractivity contribution in [2.45, 2.75) is 260 Å². The van der Waals surface area contributed by atoms with Crippen LogP contribution in [0.4, 0.5) is 0 Å². The molecule has 3 fully saturated rings. The van der Waals surface area contributed by atoms with Crippen molar-refractivity contribution in [3.8, 4) is 0 Å². The zero-order valence-electron chi connectivity index (χ0n) is 56.3. The van der Waals surface area contributed by atoms with Crippen molar-refractivity contribution in [3.63, 3.8) is 0 Å². The van der Waals surface area contributed by atoms with Gasteiger partial charge in [0, 0.05) is 110 Å². The molecule has 34 nitrogen and oxygen atoms in total. The Morgan fingerprint density at radius 2 is 0.656 bits per heavy atom. The number of ether oxygens (including phenoxy) is 6. The summed E-state index contributed by atoms with van der Waals surface area (Å²) < 4.78 is 33.6. The van der Waals surface area contributed by atoms with Crippen molar-refractivity contribution in [2.75, 3.05) is 78.9 Å². The van der Waals surface area contributed by atoms with Gasteiger partial charge in [0.25, 0.3) is 0 Å². The number of rotatable bonds is 48. The van der Waals surface area contributed by atoms with Crippen LogP contribution in [0.5, 0.6) is 0 Å². The third-order valence-electron chi connectivity index (χ3n) is 16.4. The summed E-state index contributed by atoms with van der Waals surface area (Å²) in [6, 6.07) is -3.41. The molecule has 3 aliphatic heterocycles. The highest BCUT2D eigenvalue weighted by molar-refractivity contribution is 5.79. The van der Waals surface area contributed by atoms with Crippen LogP contribution in [0.3, 0.4) is 0 Å². The summed E-state index contributed by atoms with van der Waals surface area (Å²) in [6.45, 7) is 7.72. The maximum Gasteiger partial charge on any atom is 0.222 e. The van der Waals surface area contributed by atoms with Crippen molar-refractivity contribution >= 4 is 53.2 Å². The normalized spacial score (nSPS) is 26.3. The van der Waals surface area contributed by atoms with Crippen LogP contribution in [0.2, 0.25) is 0 Å². The molecule has 3 rings (SSSR count). The highest BCUT2D eigenvalue weighted by Crippen LogP contribution is 2.28. The molecule has 0 aromatic heterocycles. The predicted molar refractivity (Wildman–Crippen MR) is 341 cm³/mol. The third kappa shape index (κ3) is 32.5. The van der Waals surface area contributed by atoms with Crippen LogP contribution in [0, 0.1) is 0 Å². The first-order valence-electron chi connectivity index (χ1n) is 33.7. The molecule has 0 aromatic rings. The Hall–Kier alpha value is -5.41. The van der Waals surface area contributed by atoms with Gasteiger partial charge >= 0.3 is 0 Å². The molecule has 0 saturated carbocycles. The van der Waals surface area contributed by atoms with Crippen molar-refractivity contribution in [3.05, 3.63) is 0 Å². The van der Waals surface area contributed by atoms with E-state index in [4.69, 9.17) is 28.4 Å². The predicted octanol–water partition coefficient (Wildman–Crippen LogP) is -5.29. The zero-order valence-corrected chi connectivity index (χ0v) is 56.3. The number of hydrogen-bond donors (Lipinski definition) is 19. The topological polar surface area (TPSA) is 511 Å². The van der Waals surface area contributed by atoms with Crippen LogP contribution in [-0.4, -0.2) is 282 Å². The van der Waals surface area contributed by atoms with Gasteiger partial charge in [0.05, 0.1) is 39.5 Å². The molecule has 9 amide bonds. The van der Waals surface area contributed by atoms with E-state index in [1.807, 2.05) is 13.8 Å². The summed E-state index contributed by atoms with van der Waals surface area (Å²) in [5, 5.41) is 119. The Kier molecular flexibility index (Phi) is 41.3. The Bertz CT molecular complexity index is 2340. The number of aliphatic hydroxyl groups excluding tert-OH is 9. The van der Waals surface area contributed by atoms with Crippen LogP contribution >= 0.6 is 0 Å². The summed E-state index contributed by atoms with van der Waals surface area (Å²) in [6.07, 6.45) is -8.88. The molecule has 0 aliphatic carbocycles. The molecule has 16 atom stereocenters. The van der Waals surface area contributed by atoms with Gasteiger partial charge < -0.3 is 128 Å². The second-order valence-corrected chi connectivity index (χ2v) is 24.9. The lowest BCUT2D eigenvalue weighted by Gasteiger charge is -2.42. The summed E-state index contributed by atoms with van der Waals surface area (Å²) in [4.78, 5) is 113. The van der Waals surface area contributed by atoms with E-state index >= 15 is 0 Å². The average molecular weight is 1380 g/mol. The van der Waals surface area contributed by atoms with E-state index in [9.17, 15) is 89.1 Å². The molecule has 96 heavy (non-hydrogen) atoms. The van der Waals surface area contributed by atoms with Crippen LogP contribution in [0.1, 0.15) is 157 Å². The maximum atomic E-state index is 13.4. The zero-order chi connectivity index (χ0) is 71.2. The standard InChI is InChI=1S/C62H112N10O24/c1-37(2)72-62(24-20-48(83)67-29-15-30-68-49(84)21-33-93-61-52(71-40(5)78)58(90)55(87)43(36-75)96-61,23-19-47(82)66-28-12-7-10-26-64-45(80)17-14-32-92-60-51(70-39(4)77)57(89)54(86)42(35-74)95-60)22-18-46(81)65-27-11-6-9-25-63-44(79)16-8-13-31-91-59-50(69-38(3)76)56(88)53(85)41(34-73)94-59/h37,41-43,50-61,72-75,85-90H,6-36H2,1-5H3,(H,63,79)(H,64,80)(H,65,81)(H,66,82)(H,67,83)(H,68,84)(H,69,76)(H,70,77)(H,71,78)/t41?,42?,43?,50?,51?,52?,53-,54-,55-,56+,57+,58?,59+,60+,61+,62?/m0/s1. The second-order valence-electron chi connectivity index (χ2n) is 24.9. The van der Waals surface area contributed by atoms with Crippen LogP contribution in [0.25, 0.3) is 0 Å². The quantitative estimate of drug-likeness (QED) is 0.0253. The van der Waals surface area contributed by atoms with Gasteiger partial charge in [0.2, 0.25) is 53.2 Å². The smallest absolute Gasteiger partial charge is 0.222 e. The van der Waals surface area contributed by atoms with Crippen molar-refractivity contribution < 1.29 is 118 Å². The van der Waals surface area contributed by atoms with E-state index in [-0.39, 0.29) is 120 Å². The molecule has 3 aliphatic rings. The van der Waals surface area contributed by atoms with Crippen LogP contribution < -0.4 is 53.2 Å². The highest BCUT2D eigenvalue weighted by Gasteiger charge is 2.48. The third-order valence-corrected chi connectivity index (χ3v) is 16.4. The number of hydrogen-bond acceptors (Lipinski definition) is 25. The number of nitrogens with one attached hydrogen (secondary N) is 10. The van der Waals surface area contributed by atoms with E-state index in [2.05, 4.69) is 53.2 Å². The molecular weight excluding hydrogens is 1270 g/mol. The van der Waals surface area contributed by atoms with E-state index in [1.165, 1.54) is 20.8 Å². The Morgan fingerprint density at radius 1 is 0.365 bits per heavy atom. The summed E-state index contributed by atoms with van der Waals surface area (Å²) >= 11 is 0. The molecular formula is C62H112N10O24. The van der Waals surface area contributed by atoms with Crippen molar-refractivity contribution in [1.82, 2.24) is 53.2 Å². The number of aliphatic hydroxyl groups is 9. The summed E-state index contributed by atoms with van der Waals surface area (Å²) in [5.41, 5.74) is -0.819. The molecule has 0 bridgehead atoms. The Labute approximate surface area is 561 Å². The highest BCUT2D eigenvalue weighted by atomic mass is 16.7. The van der Waals surface area contributed by atoms with Gasteiger partial charge in [0.1, 0.15) is 73.1 Å². The first-order valence-corrected chi connectivity index (χ1v) is 33.7. The maximum absolute atomic E-state index is 13.4. The average Bonchev–Trinajstić information content (AvgIpc) is 0.904. The Balaban J connectivity index is 1.44. The van der Waals surface area contributed by atoms with Crippen LogP contribution in [0.15, 0.2) is 0 Å². The molecule has 3 heterocycles. The van der Waals surface area contributed by atoms with Crippen LogP contribution in [-0.2, 0) is 71.6 Å². The van der Waals surface area contributed by atoms with Gasteiger partial charge in [-0.3, -0.25) is 43.2 Å². The first kappa shape index (κ1) is 84.8. The summed E-state index contributed by atoms with van der Waals surface area (Å²) in [5.74, 6) is -2.98. The van der Waals surface area contributed by atoms with E-state index in [1.54, 1.807) is 0 Å². The minimum atomic E-state index is -1.51. The lowest BCUT2D eigenvalue weighted by Crippen LogP contribution is -2.64. The van der Waals surface area contributed by atoms with E-state index in [0.29, 0.717) is 96.8 Å². The SMILES string of the molecule is CC(=O)NC1C(O)[C@@H](O)C(CO)O[C@H]1OCCC(=O)NCCCNC(=O)CCC(CCC(=O)NCCCCCNC(=O)CCCCO[C@@H]1OC(CO)[C@H](O)[C@H](O)C1NC(C)=O)(CCC(=O)NCCCCCNC(=O)CCCO[C@@H]1OC(CO)[C@H](O)[C@H](O)C1NC(C)=O)NC(C)C. The molecule has 8 unspecified atom stereocenters. The molecule has 34 heteroatoms. The molecule has 0 aromatic carbocycles. The number of carbonyl (C=O) groups excluding carboxylic acids is 9. The number of unbranched alkanes of at least 4 members (excludes halogenated alkanes) is 5. The Morgan fingerprint density at radius 3 is 0.979 bits per heavy atom. The fraction of sp³-hybridized carbons (Fsp3) is 0.855. The number of carbonyl (C=O) groups is 9. The number of amides is 9. The molecule has 0 radical (unpaired) electrons. The van der Waals surface area contributed by atoms with Gasteiger partial charge in [-0.05, 0) is 83.5 Å². The van der Waals surface area contributed by atoms with Crippen molar-refractivity contribution in [2.24, 2.45) is 0 Å². The van der Waals surface area contributed by atoms with Gasteiger partial charge in [-0.2, -0.15) is 0 Å². The van der Waals surface area contributed by atoms with Gasteiger partial charge in [0.15, 0.2) is 18.9 Å². The minimum absolute atomic E-state index is 0.0268. The summed E-state index contributed by atoms with van der Waals surface area (Å²) in [7, 11) is 0. The minimum Gasteiger partial charge on any atom is -0.394 e. The first-order chi connectivity index (χ1) is 45.7. The van der Waals surface area contributed by atoms with Gasteiger partial charge in [-0.25, -0.2) is 0 Å². The molecule has 0 spiro atoms. The molecule has 554 valence electrons. The second kappa shape index (κ2) is 46.8. The fourth-order valence-electron chi connectivity index (χ4n) is 11.2.